The van der Waals surface area contributed by atoms with Gasteiger partial charge in [0.15, 0.2) is 0 Å². The fraction of sp³-hybridized carbons (Fsp3) is 0.600. The van der Waals surface area contributed by atoms with Crippen LogP contribution in [0.3, 0.4) is 0 Å². The normalized spacial score (nSPS) is 24.6. The van der Waals surface area contributed by atoms with Gasteiger partial charge < -0.3 is 19.9 Å². The van der Waals surface area contributed by atoms with Crippen LogP contribution in [0, 0.1) is 0 Å². The van der Waals surface area contributed by atoms with Crippen molar-refractivity contribution in [2.75, 3.05) is 60.0 Å². The van der Waals surface area contributed by atoms with Crippen LogP contribution < -0.4 is 5.32 Å². The predicted octanol–water partition coefficient (Wildman–Crippen LogP) is 0.280. The molecule has 1 N–H and O–H groups in total. The van der Waals surface area contributed by atoms with Gasteiger partial charge in [0, 0.05) is 51.9 Å². The van der Waals surface area contributed by atoms with Crippen molar-refractivity contribution in [1.82, 2.24) is 20.0 Å². The van der Waals surface area contributed by atoms with Gasteiger partial charge in [0.1, 0.15) is 0 Å². The Labute approximate surface area is 161 Å². The summed E-state index contributed by atoms with van der Waals surface area (Å²) in [6.07, 6.45) is 0.652. The number of ether oxygens (including phenoxy) is 1. The highest BCUT2D eigenvalue weighted by Gasteiger charge is 2.32. The molecule has 2 unspecified atom stereocenters. The average Bonchev–Trinajstić information content (AvgIpc) is 2.70. The van der Waals surface area contributed by atoms with Gasteiger partial charge >= 0.3 is 0 Å². The monoisotopic (exact) mass is 374 g/mol. The molecule has 1 aromatic rings. The van der Waals surface area contributed by atoms with Gasteiger partial charge in [-0.2, -0.15) is 0 Å². The molecule has 2 fully saturated rings. The zero-order valence-corrected chi connectivity index (χ0v) is 16.3. The number of piperidine rings is 1. The van der Waals surface area contributed by atoms with Gasteiger partial charge in [-0.3, -0.25) is 14.5 Å². The number of benzene rings is 1. The zero-order chi connectivity index (χ0) is 19.2. The fourth-order valence-electron chi connectivity index (χ4n) is 3.72. The van der Waals surface area contributed by atoms with Gasteiger partial charge in [-0.05, 0) is 25.6 Å². The molecule has 27 heavy (non-hydrogen) atoms. The minimum absolute atomic E-state index is 0.0438. The predicted molar refractivity (Wildman–Crippen MR) is 104 cm³/mol. The summed E-state index contributed by atoms with van der Waals surface area (Å²) in [4.78, 5) is 31.3. The lowest BCUT2D eigenvalue weighted by molar-refractivity contribution is -0.135. The number of likely N-dealkylation sites (tertiary alicyclic amines) is 1. The lowest BCUT2D eigenvalue weighted by Gasteiger charge is -2.39. The van der Waals surface area contributed by atoms with Crippen LogP contribution in [0.25, 0.3) is 0 Å². The molecule has 0 spiro atoms. The molecule has 1 aromatic carbocycles. The summed E-state index contributed by atoms with van der Waals surface area (Å²) in [7, 11) is 3.75. The summed E-state index contributed by atoms with van der Waals surface area (Å²) in [5.74, 6) is 0.106. The maximum absolute atomic E-state index is 12.6. The van der Waals surface area contributed by atoms with Gasteiger partial charge in [0.05, 0.1) is 18.7 Å². The van der Waals surface area contributed by atoms with E-state index in [1.54, 1.807) is 19.2 Å². The molecular weight excluding hydrogens is 344 g/mol. The Morgan fingerprint density at radius 2 is 1.81 bits per heavy atom. The highest BCUT2D eigenvalue weighted by atomic mass is 16.5. The molecular formula is C20H30N4O3. The first kappa shape index (κ1) is 19.8. The Balaban J connectivity index is 1.50. The first-order valence-corrected chi connectivity index (χ1v) is 9.64. The second-order valence-corrected chi connectivity index (χ2v) is 7.43. The Kier molecular flexibility index (Phi) is 6.82. The summed E-state index contributed by atoms with van der Waals surface area (Å²) in [5.41, 5.74) is 0.653. The Bertz CT molecular complexity index is 631. The SMILES string of the molecule is COC1CN(CC(=O)N2CCN(C)CC2)CCC1NC(=O)c1ccccc1. The van der Waals surface area contributed by atoms with Crippen LogP contribution in [0.5, 0.6) is 0 Å². The number of carbonyl (C=O) groups is 2. The molecule has 0 saturated carbocycles. The molecule has 0 bridgehead atoms. The van der Waals surface area contributed by atoms with Crippen molar-refractivity contribution < 1.29 is 14.3 Å². The highest BCUT2D eigenvalue weighted by Crippen LogP contribution is 2.15. The Hall–Kier alpha value is -1.96. The van der Waals surface area contributed by atoms with Crippen LogP contribution >= 0.6 is 0 Å². The standard InChI is InChI=1S/C20H30N4O3/c1-22-10-12-24(13-11-22)19(25)15-23-9-8-17(18(14-23)27-2)21-20(26)16-6-4-3-5-7-16/h3-7,17-18H,8-15H2,1-2H3,(H,21,26). The van der Waals surface area contributed by atoms with Gasteiger partial charge in [-0.1, -0.05) is 18.2 Å². The topological polar surface area (TPSA) is 65.1 Å². The van der Waals surface area contributed by atoms with E-state index in [9.17, 15) is 9.59 Å². The van der Waals surface area contributed by atoms with Crippen LogP contribution in [0.15, 0.2) is 30.3 Å². The molecule has 7 nitrogen and oxygen atoms in total. The van der Waals surface area contributed by atoms with Crippen LogP contribution in [0.2, 0.25) is 0 Å². The minimum Gasteiger partial charge on any atom is -0.378 e. The van der Waals surface area contributed by atoms with Crippen LogP contribution in [-0.2, 0) is 9.53 Å². The second kappa shape index (κ2) is 9.30. The van der Waals surface area contributed by atoms with E-state index < -0.39 is 0 Å². The molecule has 2 saturated heterocycles. The van der Waals surface area contributed by atoms with Crippen molar-refractivity contribution in [3.8, 4) is 0 Å². The summed E-state index contributed by atoms with van der Waals surface area (Å²) in [6.45, 7) is 5.30. The van der Waals surface area contributed by atoms with Crippen molar-refractivity contribution in [1.29, 1.82) is 0 Å². The number of carbonyl (C=O) groups excluding carboxylic acids is 2. The number of hydrogen-bond donors (Lipinski definition) is 1. The lowest BCUT2D eigenvalue weighted by atomic mass is 10.0. The maximum Gasteiger partial charge on any atom is 0.251 e. The molecule has 2 atom stereocenters. The molecule has 2 heterocycles. The quantitative estimate of drug-likeness (QED) is 0.802. The number of hydrogen-bond acceptors (Lipinski definition) is 5. The van der Waals surface area contributed by atoms with E-state index in [2.05, 4.69) is 22.2 Å². The van der Waals surface area contributed by atoms with E-state index in [1.807, 2.05) is 23.1 Å². The molecule has 148 valence electrons. The molecule has 0 radical (unpaired) electrons. The van der Waals surface area contributed by atoms with Gasteiger partial charge in [0.2, 0.25) is 5.91 Å². The number of methoxy groups -OCH3 is 1. The third kappa shape index (κ3) is 5.28. The molecule has 2 aliphatic heterocycles. The third-order valence-corrected chi connectivity index (χ3v) is 5.51. The average molecular weight is 374 g/mol. The number of likely N-dealkylation sites (N-methyl/N-ethyl adjacent to an activating group) is 1. The highest BCUT2D eigenvalue weighted by molar-refractivity contribution is 5.94. The maximum atomic E-state index is 12.6. The van der Waals surface area contributed by atoms with Gasteiger partial charge in [0.25, 0.3) is 5.91 Å². The molecule has 3 rings (SSSR count). The van der Waals surface area contributed by atoms with Gasteiger partial charge in [-0.25, -0.2) is 0 Å². The van der Waals surface area contributed by atoms with Gasteiger partial charge in [-0.15, -0.1) is 0 Å². The van der Waals surface area contributed by atoms with Crippen molar-refractivity contribution in [2.24, 2.45) is 0 Å². The van der Waals surface area contributed by atoms with E-state index >= 15 is 0 Å². The first-order chi connectivity index (χ1) is 13.1. The van der Waals surface area contributed by atoms with E-state index in [0.29, 0.717) is 18.7 Å². The number of nitrogens with one attached hydrogen (secondary N) is 1. The van der Waals surface area contributed by atoms with Crippen molar-refractivity contribution >= 4 is 11.8 Å². The summed E-state index contributed by atoms with van der Waals surface area (Å²) >= 11 is 0. The largest absolute Gasteiger partial charge is 0.378 e. The van der Waals surface area contributed by atoms with E-state index in [0.717, 1.165) is 39.1 Å². The minimum atomic E-state index is -0.119. The Morgan fingerprint density at radius 3 is 2.48 bits per heavy atom. The lowest BCUT2D eigenvalue weighted by Crippen LogP contribution is -2.57. The molecule has 0 aromatic heterocycles. The van der Waals surface area contributed by atoms with Crippen LogP contribution in [-0.4, -0.2) is 98.6 Å². The number of piperazine rings is 1. The molecule has 7 heteroatoms. The molecule has 2 aliphatic rings. The van der Waals surface area contributed by atoms with E-state index in [4.69, 9.17) is 4.74 Å². The number of amides is 2. The molecule has 0 aliphatic carbocycles. The first-order valence-electron chi connectivity index (χ1n) is 9.64. The summed E-state index contributed by atoms with van der Waals surface area (Å²) < 4.78 is 5.62. The fourth-order valence-corrected chi connectivity index (χ4v) is 3.72. The zero-order valence-electron chi connectivity index (χ0n) is 16.3. The van der Waals surface area contributed by atoms with Crippen molar-refractivity contribution in [2.45, 2.75) is 18.6 Å². The van der Waals surface area contributed by atoms with Crippen LogP contribution in [0.1, 0.15) is 16.8 Å². The molecule has 2 amide bonds. The number of rotatable bonds is 5. The van der Waals surface area contributed by atoms with Crippen molar-refractivity contribution in [3.05, 3.63) is 35.9 Å². The second-order valence-electron chi connectivity index (χ2n) is 7.43. The van der Waals surface area contributed by atoms with Crippen molar-refractivity contribution in [3.63, 3.8) is 0 Å². The summed E-state index contributed by atoms with van der Waals surface area (Å²) in [6, 6.07) is 9.18. The summed E-state index contributed by atoms with van der Waals surface area (Å²) in [5, 5.41) is 3.09. The van der Waals surface area contributed by atoms with E-state index in [-0.39, 0.29) is 24.0 Å². The van der Waals surface area contributed by atoms with E-state index in [1.165, 1.54) is 0 Å². The van der Waals surface area contributed by atoms with Crippen LogP contribution in [0.4, 0.5) is 0 Å². The number of nitrogens with zero attached hydrogens (tertiary/aromatic N) is 3. The smallest absolute Gasteiger partial charge is 0.251 e. The third-order valence-electron chi connectivity index (χ3n) is 5.51. The Morgan fingerprint density at radius 1 is 1.11 bits per heavy atom.